The molecule has 0 aliphatic carbocycles. The van der Waals surface area contributed by atoms with Gasteiger partial charge in [-0.1, -0.05) is 59.8 Å². The fraction of sp³-hybridized carbons (Fsp3) is 0.957. The molecule has 3 nitrogen and oxygen atoms in total. The molecule has 156 valence electrons. The third kappa shape index (κ3) is 19.9. The van der Waals surface area contributed by atoms with E-state index >= 15 is 0 Å². The Bertz CT molecular complexity index is 300. The molecule has 0 spiro atoms. The zero-order valence-corrected chi connectivity index (χ0v) is 18.2. The highest BCUT2D eigenvalue weighted by atomic mass is 16.5. The fourth-order valence-electron chi connectivity index (χ4n) is 2.87. The normalized spacial score (nSPS) is 11.6. The van der Waals surface area contributed by atoms with Gasteiger partial charge >= 0.3 is 0 Å². The minimum atomic E-state index is 0.185. The number of carbonyl (C=O) groups excluding carboxylic acids is 1. The van der Waals surface area contributed by atoms with E-state index in [0.29, 0.717) is 5.78 Å². The third-order valence-electron chi connectivity index (χ3n) is 4.75. The van der Waals surface area contributed by atoms with Gasteiger partial charge < -0.3 is 9.47 Å². The van der Waals surface area contributed by atoms with Gasteiger partial charge in [-0.05, 0) is 44.4 Å². The summed E-state index contributed by atoms with van der Waals surface area (Å²) in [5.74, 6) is 1.42. The number of hydrogen-bond acceptors (Lipinski definition) is 3. The number of hydrogen-bond donors (Lipinski definition) is 0. The summed E-state index contributed by atoms with van der Waals surface area (Å²) in [6.45, 7) is 12.1. The SMILES string of the molecule is CC(C)CCCCCCOCCCCCOCCCCCC(=O)C(C)C. The van der Waals surface area contributed by atoms with Gasteiger partial charge in [-0.3, -0.25) is 4.79 Å². The van der Waals surface area contributed by atoms with Gasteiger partial charge in [-0.2, -0.15) is 0 Å². The zero-order chi connectivity index (χ0) is 19.5. The predicted octanol–water partition coefficient (Wildman–Crippen LogP) is 6.58. The number of rotatable bonds is 20. The van der Waals surface area contributed by atoms with Crippen molar-refractivity contribution in [3.05, 3.63) is 0 Å². The van der Waals surface area contributed by atoms with Crippen molar-refractivity contribution in [2.75, 3.05) is 26.4 Å². The summed E-state index contributed by atoms with van der Waals surface area (Å²) >= 11 is 0. The van der Waals surface area contributed by atoms with Crippen LogP contribution in [0.15, 0.2) is 0 Å². The van der Waals surface area contributed by atoms with E-state index in [1.54, 1.807) is 0 Å². The Morgan fingerprint density at radius 3 is 1.50 bits per heavy atom. The molecular formula is C23H46O3. The Kier molecular flexibility index (Phi) is 19.0. The number of ketones is 1. The highest BCUT2D eigenvalue weighted by Crippen LogP contribution is 2.09. The summed E-state index contributed by atoms with van der Waals surface area (Å²) in [5.41, 5.74) is 0. The van der Waals surface area contributed by atoms with E-state index in [1.807, 2.05) is 13.8 Å². The number of carbonyl (C=O) groups is 1. The zero-order valence-electron chi connectivity index (χ0n) is 18.2. The summed E-state index contributed by atoms with van der Waals surface area (Å²) in [6.07, 6.45) is 14.0. The molecule has 0 heterocycles. The number of unbranched alkanes of at least 4 members (excludes halogenated alkanes) is 7. The lowest BCUT2D eigenvalue weighted by Crippen LogP contribution is -2.06. The standard InChI is InChI=1S/C23H46O3/c1-21(2)15-9-5-6-11-17-25-19-13-8-14-20-26-18-12-7-10-16-23(24)22(3)4/h21-22H,5-20H2,1-4H3. The monoisotopic (exact) mass is 370 g/mol. The number of Topliss-reactive ketones (excluding diaryl/α,β-unsaturated/α-hetero) is 1. The molecule has 0 amide bonds. The molecule has 0 aliphatic heterocycles. The lowest BCUT2D eigenvalue weighted by Gasteiger charge is -2.07. The van der Waals surface area contributed by atoms with Crippen LogP contribution in [0.2, 0.25) is 0 Å². The molecule has 0 N–H and O–H groups in total. The summed E-state index contributed by atoms with van der Waals surface area (Å²) in [7, 11) is 0. The third-order valence-corrected chi connectivity index (χ3v) is 4.75. The van der Waals surface area contributed by atoms with Gasteiger partial charge in [0.1, 0.15) is 5.78 Å². The minimum absolute atomic E-state index is 0.185. The van der Waals surface area contributed by atoms with Crippen LogP contribution in [0.25, 0.3) is 0 Å². The maximum absolute atomic E-state index is 11.5. The first-order chi connectivity index (χ1) is 12.5. The van der Waals surface area contributed by atoms with Crippen molar-refractivity contribution in [3.8, 4) is 0 Å². The van der Waals surface area contributed by atoms with Crippen molar-refractivity contribution in [1.82, 2.24) is 0 Å². The Labute approximate surface area is 163 Å². The van der Waals surface area contributed by atoms with Crippen molar-refractivity contribution in [2.45, 2.75) is 105 Å². The predicted molar refractivity (Wildman–Crippen MR) is 112 cm³/mol. The van der Waals surface area contributed by atoms with Crippen LogP contribution in [-0.4, -0.2) is 32.2 Å². The van der Waals surface area contributed by atoms with Crippen molar-refractivity contribution < 1.29 is 14.3 Å². The fourth-order valence-corrected chi connectivity index (χ4v) is 2.87. The second kappa shape index (κ2) is 19.4. The van der Waals surface area contributed by atoms with E-state index in [0.717, 1.165) is 70.9 Å². The average Bonchev–Trinajstić information content (AvgIpc) is 2.60. The van der Waals surface area contributed by atoms with Crippen LogP contribution >= 0.6 is 0 Å². The molecule has 26 heavy (non-hydrogen) atoms. The van der Waals surface area contributed by atoms with Crippen LogP contribution in [0, 0.1) is 11.8 Å². The molecule has 0 radical (unpaired) electrons. The molecule has 3 heteroatoms. The molecule has 0 bridgehead atoms. The van der Waals surface area contributed by atoms with Crippen molar-refractivity contribution in [1.29, 1.82) is 0 Å². The molecule has 0 aromatic heterocycles. The Morgan fingerprint density at radius 1 is 0.615 bits per heavy atom. The molecule has 0 atom stereocenters. The van der Waals surface area contributed by atoms with Crippen molar-refractivity contribution in [2.24, 2.45) is 11.8 Å². The Morgan fingerprint density at radius 2 is 1.04 bits per heavy atom. The second-order valence-electron chi connectivity index (χ2n) is 8.31. The van der Waals surface area contributed by atoms with Crippen molar-refractivity contribution >= 4 is 5.78 Å². The lowest BCUT2D eigenvalue weighted by atomic mass is 10.0. The summed E-state index contributed by atoms with van der Waals surface area (Å²) in [5, 5.41) is 0. The summed E-state index contributed by atoms with van der Waals surface area (Å²) < 4.78 is 11.4. The van der Waals surface area contributed by atoms with Gasteiger partial charge in [0.2, 0.25) is 0 Å². The minimum Gasteiger partial charge on any atom is -0.381 e. The van der Waals surface area contributed by atoms with E-state index in [-0.39, 0.29) is 5.92 Å². The van der Waals surface area contributed by atoms with E-state index in [4.69, 9.17) is 9.47 Å². The highest BCUT2D eigenvalue weighted by Gasteiger charge is 2.05. The first-order valence-electron chi connectivity index (χ1n) is 11.2. The van der Waals surface area contributed by atoms with Crippen molar-refractivity contribution in [3.63, 3.8) is 0 Å². The van der Waals surface area contributed by atoms with Crippen LogP contribution in [0.3, 0.4) is 0 Å². The Balaban J connectivity index is 3.06. The quantitative estimate of drug-likeness (QED) is 0.227. The van der Waals surface area contributed by atoms with E-state index in [9.17, 15) is 4.79 Å². The van der Waals surface area contributed by atoms with Gasteiger partial charge in [0, 0.05) is 38.8 Å². The van der Waals surface area contributed by atoms with Crippen LogP contribution in [-0.2, 0) is 14.3 Å². The molecule has 0 saturated heterocycles. The highest BCUT2D eigenvalue weighted by molar-refractivity contribution is 5.80. The second-order valence-corrected chi connectivity index (χ2v) is 8.31. The maximum Gasteiger partial charge on any atom is 0.135 e. The van der Waals surface area contributed by atoms with E-state index in [2.05, 4.69) is 13.8 Å². The van der Waals surface area contributed by atoms with Crippen LogP contribution < -0.4 is 0 Å². The topological polar surface area (TPSA) is 35.5 Å². The largest absolute Gasteiger partial charge is 0.381 e. The van der Waals surface area contributed by atoms with Crippen LogP contribution in [0.4, 0.5) is 0 Å². The molecular weight excluding hydrogens is 324 g/mol. The molecule has 0 aliphatic rings. The molecule has 0 rings (SSSR count). The first-order valence-corrected chi connectivity index (χ1v) is 11.2. The van der Waals surface area contributed by atoms with Gasteiger partial charge in [0.25, 0.3) is 0 Å². The van der Waals surface area contributed by atoms with E-state index in [1.165, 1.54) is 38.5 Å². The van der Waals surface area contributed by atoms with Crippen LogP contribution in [0.1, 0.15) is 105 Å². The van der Waals surface area contributed by atoms with E-state index < -0.39 is 0 Å². The first kappa shape index (κ1) is 25.6. The van der Waals surface area contributed by atoms with Gasteiger partial charge in [-0.15, -0.1) is 0 Å². The lowest BCUT2D eigenvalue weighted by molar-refractivity contribution is -0.122. The Hall–Kier alpha value is -0.410. The molecule has 0 fully saturated rings. The molecule has 0 aromatic rings. The molecule has 0 aromatic carbocycles. The summed E-state index contributed by atoms with van der Waals surface area (Å²) in [6, 6.07) is 0. The van der Waals surface area contributed by atoms with Gasteiger partial charge in [-0.25, -0.2) is 0 Å². The number of ether oxygens (including phenoxy) is 2. The molecule has 0 unspecified atom stereocenters. The van der Waals surface area contributed by atoms with Gasteiger partial charge in [0.05, 0.1) is 0 Å². The summed E-state index contributed by atoms with van der Waals surface area (Å²) in [4.78, 5) is 11.5. The smallest absolute Gasteiger partial charge is 0.135 e. The van der Waals surface area contributed by atoms with Gasteiger partial charge in [0.15, 0.2) is 0 Å². The average molecular weight is 371 g/mol. The maximum atomic E-state index is 11.5. The molecule has 0 saturated carbocycles. The van der Waals surface area contributed by atoms with Crippen LogP contribution in [0.5, 0.6) is 0 Å².